The van der Waals surface area contributed by atoms with Gasteiger partial charge in [0.25, 0.3) is 0 Å². The first-order chi connectivity index (χ1) is 8.22. The zero-order chi connectivity index (χ0) is 12.5. The Morgan fingerprint density at radius 2 is 1.82 bits per heavy atom. The predicted octanol–water partition coefficient (Wildman–Crippen LogP) is -0.993. The normalized spacial score (nSPS) is 16.5. The third-order valence-corrected chi connectivity index (χ3v) is 2.53. The number of likely N-dealkylation sites (N-methyl/N-ethyl adjacent to an activating group) is 1. The Labute approximate surface area is 101 Å². The fourth-order valence-electron chi connectivity index (χ4n) is 1.67. The number of amides is 2. The van der Waals surface area contributed by atoms with E-state index in [1.165, 1.54) is 0 Å². The molecule has 1 aliphatic rings. The van der Waals surface area contributed by atoms with Crippen molar-refractivity contribution in [2.75, 3.05) is 32.8 Å². The molecule has 3 N–H and O–H groups in total. The molecule has 1 heterocycles. The first-order valence-electron chi connectivity index (χ1n) is 6.07. The molecular weight excluding hydrogens is 222 g/mol. The van der Waals surface area contributed by atoms with E-state index < -0.39 is 0 Å². The van der Waals surface area contributed by atoms with Crippen molar-refractivity contribution in [2.45, 2.75) is 25.8 Å². The summed E-state index contributed by atoms with van der Waals surface area (Å²) in [4.78, 5) is 22.6. The zero-order valence-electron chi connectivity index (χ0n) is 10.3. The van der Waals surface area contributed by atoms with Crippen molar-refractivity contribution in [2.24, 2.45) is 0 Å². The van der Waals surface area contributed by atoms with Crippen LogP contribution in [0.2, 0.25) is 0 Å². The average Bonchev–Trinajstić information content (AvgIpc) is 2.30. The second kappa shape index (κ2) is 8.03. The largest absolute Gasteiger partial charge is 0.381 e. The van der Waals surface area contributed by atoms with E-state index in [9.17, 15) is 9.59 Å². The standard InChI is InChI=1S/C11H21N3O3/c1-2-13-10(15)7-12-8-11(16)14-9-3-5-17-6-4-9/h9,12H,2-8H2,1H3,(H,13,15)(H,14,16). The van der Waals surface area contributed by atoms with Crippen LogP contribution in [-0.2, 0) is 14.3 Å². The first-order valence-corrected chi connectivity index (χ1v) is 6.07. The van der Waals surface area contributed by atoms with Crippen LogP contribution in [0.15, 0.2) is 0 Å². The molecule has 2 amide bonds. The van der Waals surface area contributed by atoms with Gasteiger partial charge >= 0.3 is 0 Å². The van der Waals surface area contributed by atoms with Gasteiger partial charge in [-0.15, -0.1) is 0 Å². The number of hydrogen-bond acceptors (Lipinski definition) is 4. The minimum absolute atomic E-state index is 0.0683. The van der Waals surface area contributed by atoms with Gasteiger partial charge in [0.1, 0.15) is 0 Å². The molecule has 0 aromatic rings. The minimum atomic E-state index is -0.0913. The van der Waals surface area contributed by atoms with E-state index in [1.807, 2.05) is 6.92 Å². The van der Waals surface area contributed by atoms with Gasteiger partial charge < -0.3 is 15.4 Å². The van der Waals surface area contributed by atoms with Gasteiger partial charge in [-0.3, -0.25) is 14.9 Å². The Morgan fingerprint density at radius 3 is 2.47 bits per heavy atom. The Kier molecular flexibility index (Phi) is 6.57. The quantitative estimate of drug-likeness (QED) is 0.559. The van der Waals surface area contributed by atoms with Crippen LogP contribution < -0.4 is 16.0 Å². The third kappa shape index (κ3) is 6.23. The molecule has 98 valence electrons. The van der Waals surface area contributed by atoms with Crippen molar-refractivity contribution < 1.29 is 14.3 Å². The second-order valence-corrected chi connectivity index (χ2v) is 4.01. The Bertz CT molecular complexity index is 252. The summed E-state index contributed by atoms with van der Waals surface area (Å²) in [5.74, 6) is -0.160. The summed E-state index contributed by atoms with van der Waals surface area (Å²) in [7, 11) is 0. The average molecular weight is 243 g/mol. The van der Waals surface area contributed by atoms with Gasteiger partial charge in [-0.2, -0.15) is 0 Å². The molecule has 1 aliphatic heterocycles. The fourth-order valence-corrected chi connectivity index (χ4v) is 1.67. The molecule has 17 heavy (non-hydrogen) atoms. The zero-order valence-corrected chi connectivity index (χ0v) is 10.3. The lowest BCUT2D eigenvalue weighted by atomic mass is 10.1. The molecule has 0 saturated carbocycles. The summed E-state index contributed by atoms with van der Waals surface area (Å²) in [5, 5.41) is 8.37. The number of carbonyl (C=O) groups is 2. The van der Waals surface area contributed by atoms with Crippen LogP contribution in [0.4, 0.5) is 0 Å². The molecule has 0 aromatic carbocycles. The van der Waals surface area contributed by atoms with Crippen LogP contribution in [0.25, 0.3) is 0 Å². The molecule has 0 unspecified atom stereocenters. The monoisotopic (exact) mass is 243 g/mol. The highest BCUT2D eigenvalue weighted by Crippen LogP contribution is 2.05. The highest BCUT2D eigenvalue weighted by Gasteiger charge is 2.15. The van der Waals surface area contributed by atoms with E-state index in [-0.39, 0.29) is 30.9 Å². The van der Waals surface area contributed by atoms with Gasteiger partial charge in [-0.05, 0) is 19.8 Å². The van der Waals surface area contributed by atoms with Crippen LogP contribution in [0.3, 0.4) is 0 Å². The molecule has 0 radical (unpaired) electrons. The Morgan fingerprint density at radius 1 is 1.18 bits per heavy atom. The maximum atomic E-state index is 11.5. The van der Waals surface area contributed by atoms with Gasteiger partial charge in [0.2, 0.25) is 11.8 Å². The molecule has 0 bridgehead atoms. The smallest absolute Gasteiger partial charge is 0.234 e. The van der Waals surface area contributed by atoms with Gasteiger partial charge in [0.15, 0.2) is 0 Å². The van der Waals surface area contributed by atoms with Crippen molar-refractivity contribution in [3.63, 3.8) is 0 Å². The van der Waals surface area contributed by atoms with E-state index in [2.05, 4.69) is 16.0 Å². The number of rotatable bonds is 6. The maximum absolute atomic E-state index is 11.5. The van der Waals surface area contributed by atoms with Crippen LogP contribution in [0, 0.1) is 0 Å². The van der Waals surface area contributed by atoms with Gasteiger partial charge in [-0.25, -0.2) is 0 Å². The molecule has 0 aromatic heterocycles. The molecule has 1 rings (SSSR count). The van der Waals surface area contributed by atoms with E-state index in [0.717, 1.165) is 12.8 Å². The number of hydrogen-bond donors (Lipinski definition) is 3. The SMILES string of the molecule is CCNC(=O)CNCC(=O)NC1CCOCC1. The molecular formula is C11H21N3O3. The topological polar surface area (TPSA) is 79.5 Å². The molecule has 6 heteroatoms. The lowest BCUT2D eigenvalue weighted by molar-refractivity contribution is -0.122. The summed E-state index contributed by atoms with van der Waals surface area (Å²) in [6.45, 7) is 4.22. The van der Waals surface area contributed by atoms with Gasteiger partial charge in [0, 0.05) is 25.8 Å². The lowest BCUT2D eigenvalue weighted by Gasteiger charge is -2.23. The van der Waals surface area contributed by atoms with E-state index in [0.29, 0.717) is 19.8 Å². The summed E-state index contributed by atoms with van der Waals surface area (Å²) >= 11 is 0. The van der Waals surface area contributed by atoms with Crippen LogP contribution in [0.1, 0.15) is 19.8 Å². The number of ether oxygens (including phenoxy) is 1. The molecule has 0 spiro atoms. The summed E-state index contributed by atoms with van der Waals surface area (Å²) in [6, 6.07) is 0.211. The highest BCUT2D eigenvalue weighted by atomic mass is 16.5. The fraction of sp³-hybridized carbons (Fsp3) is 0.818. The third-order valence-electron chi connectivity index (χ3n) is 2.53. The van der Waals surface area contributed by atoms with Crippen molar-refractivity contribution in [1.29, 1.82) is 0 Å². The minimum Gasteiger partial charge on any atom is -0.381 e. The lowest BCUT2D eigenvalue weighted by Crippen LogP contribution is -2.44. The predicted molar refractivity (Wildman–Crippen MR) is 63.5 cm³/mol. The van der Waals surface area contributed by atoms with Gasteiger partial charge in [0.05, 0.1) is 13.1 Å². The van der Waals surface area contributed by atoms with Crippen LogP contribution in [-0.4, -0.2) is 50.7 Å². The van der Waals surface area contributed by atoms with Crippen LogP contribution >= 0.6 is 0 Å². The van der Waals surface area contributed by atoms with E-state index >= 15 is 0 Å². The molecule has 6 nitrogen and oxygen atoms in total. The summed E-state index contributed by atoms with van der Waals surface area (Å²) in [6.07, 6.45) is 1.73. The van der Waals surface area contributed by atoms with Crippen molar-refractivity contribution in [3.05, 3.63) is 0 Å². The molecule has 0 atom stereocenters. The number of carbonyl (C=O) groups excluding carboxylic acids is 2. The van der Waals surface area contributed by atoms with Crippen molar-refractivity contribution >= 4 is 11.8 Å². The summed E-state index contributed by atoms with van der Waals surface area (Å²) < 4.78 is 5.20. The maximum Gasteiger partial charge on any atom is 0.234 e. The molecule has 0 aliphatic carbocycles. The molecule has 1 saturated heterocycles. The second-order valence-electron chi connectivity index (χ2n) is 4.01. The summed E-state index contributed by atoms with van der Waals surface area (Å²) in [5.41, 5.74) is 0. The highest BCUT2D eigenvalue weighted by molar-refractivity contribution is 5.81. The first kappa shape index (κ1) is 13.9. The van der Waals surface area contributed by atoms with Gasteiger partial charge in [-0.1, -0.05) is 0 Å². The van der Waals surface area contributed by atoms with Crippen molar-refractivity contribution in [1.82, 2.24) is 16.0 Å². The molecule has 1 fully saturated rings. The van der Waals surface area contributed by atoms with E-state index in [1.54, 1.807) is 0 Å². The number of nitrogens with one attached hydrogen (secondary N) is 3. The Balaban J connectivity index is 2.06. The van der Waals surface area contributed by atoms with E-state index in [4.69, 9.17) is 4.74 Å². The Hall–Kier alpha value is -1.14. The van der Waals surface area contributed by atoms with Crippen molar-refractivity contribution in [3.8, 4) is 0 Å². The van der Waals surface area contributed by atoms with Crippen LogP contribution in [0.5, 0.6) is 0 Å².